The van der Waals surface area contributed by atoms with E-state index in [2.05, 4.69) is 15.5 Å². The van der Waals surface area contributed by atoms with Crippen molar-refractivity contribution in [3.8, 4) is 0 Å². The second-order valence-corrected chi connectivity index (χ2v) is 4.08. The first kappa shape index (κ1) is 10.6. The van der Waals surface area contributed by atoms with Gasteiger partial charge >= 0.3 is 6.03 Å². The fraction of sp³-hybridized carbons (Fsp3) is 0.556. The van der Waals surface area contributed by atoms with Crippen molar-refractivity contribution in [3.63, 3.8) is 0 Å². The molecule has 1 unspecified atom stereocenters. The zero-order valence-corrected chi connectivity index (χ0v) is 9.39. The number of nitrogens with one attached hydrogen (secondary N) is 1. The van der Waals surface area contributed by atoms with E-state index >= 15 is 0 Å². The molecule has 7 heteroatoms. The summed E-state index contributed by atoms with van der Waals surface area (Å²) in [5.74, 6) is -0.295. The Bertz CT molecular complexity index is 455. The zero-order chi connectivity index (χ0) is 11.9. The van der Waals surface area contributed by atoms with Crippen LogP contribution < -0.4 is 5.32 Å². The summed E-state index contributed by atoms with van der Waals surface area (Å²) in [5, 5.41) is 10.4. The molecule has 1 saturated heterocycles. The number of imide groups is 1. The molecule has 0 aliphatic carbocycles. The molecule has 2 heterocycles. The Morgan fingerprint density at radius 1 is 1.44 bits per heavy atom. The molecule has 1 aromatic heterocycles. The summed E-state index contributed by atoms with van der Waals surface area (Å²) in [6.45, 7) is 1.80. The summed E-state index contributed by atoms with van der Waals surface area (Å²) in [4.78, 5) is 25.8. The van der Waals surface area contributed by atoms with E-state index in [0.29, 0.717) is 5.69 Å². The van der Waals surface area contributed by atoms with Crippen molar-refractivity contribution in [3.05, 3.63) is 11.9 Å². The first-order valence-electron chi connectivity index (χ1n) is 4.88. The summed E-state index contributed by atoms with van der Waals surface area (Å²) < 4.78 is 0. The highest BCUT2D eigenvalue weighted by atomic mass is 16.2. The molecule has 1 atom stereocenters. The van der Waals surface area contributed by atoms with Crippen LogP contribution in [0.5, 0.6) is 0 Å². The van der Waals surface area contributed by atoms with Crippen LogP contribution in [0, 0.1) is 0 Å². The number of aryl methyl sites for hydroxylation is 1. The van der Waals surface area contributed by atoms with E-state index in [0.717, 1.165) is 0 Å². The molecule has 1 fully saturated rings. The van der Waals surface area contributed by atoms with E-state index in [4.69, 9.17) is 0 Å². The molecule has 16 heavy (non-hydrogen) atoms. The second kappa shape index (κ2) is 3.29. The Morgan fingerprint density at radius 3 is 2.69 bits per heavy atom. The van der Waals surface area contributed by atoms with E-state index in [1.165, 1.54) is 9.70 Å². The summed E-state index contributed by atoms with van der Waals surface area (Å²) in [6, 6.07) is -0.413. The Labute approximate surface area is 92.4 Å². The smallest absolute Gasteiger partial charge is 0.316 e. The Hall–Kier alpha value is -1.92. The number of carbonyl (C=O) groups excluding carboxylic acids is 2. The van der Waals surface area contributed by atoms with Crippen molar-refractivity contribution < 1.29 is 9.59 Å². The molecule has 0 spiro atoms. The van der Waals surface area contributed by atoms with E-state index in [1.54, 1.807) is 27.2 Å². The van der Waals surface area contributed by atoms with Gasteiger partial charge in [-0.25, -0.2) is 4.79 Å². The minimum Gasteiger partial charge on any atom is -0.316 e. The lowest BCUT2D eigenvalue weighted by Gasteiger charge is -2.40. The molecule has 3 amide bonds. The molecule has 0 bridgehead atoms. The highest BCUT2D eigenvalue weighted by Gasteiger charge is 2.43. The molecule has 1 N–H and O–H groups in total. The molecule has 86 valence electrons. The summed E-state index contributed by atoms with van der Waals surface area (Å²) in [7, 11) is 3.33. The van der Waals surface area contributed by atoms with E-state index in [1.807, 2.05) is 0 Å². The third kappa shape index (κ3) is 1.44. The topological polar surface area (TPSA) is 80.1 Å². The Balaban J connectivity index is 2.42. The average Bonchev–Trinajstić information content (AvgIpc) is 2.61. The van der Waals surface area contributed by atoms with Crippen LogP contribution in [0.4, 0.5) is 4.79 Å². The van der Waals surface area contributed by atoms with Crippen LogP contribution in [0.25, 0.3) is 0 Å². The van der Waals surface area contributed by atoms with Crippen LogP contribution in [0.15, 0.2) is 6.20 Å². The van der Waals surface area contributed by atoms with Crippen molar-refractivity contribution in [2.24, 2.45) is 7.05 Å². The Morgan fingerprint density at radius 2 is 2.12 bits per heavy atom. The van der Waals surface area contributed by atoms with Crippen molar-refractivity contribution in [1.29, 1.82) is 0 Å². The maximum atomic E-state index is 11.5. The predicted molar refractivity (Wildman–Crippen MR) is 54.3 cm³/mol. The minimum absolute atomic E-state index is 0.188. The van der Waals surface area contributed by atoms with Crippen LogP contribution in [0.3, 0.4) is 0 Å². The van der Waals surface area contributed by atoms with Crippen molar-refractivity contribution in [1.82, 2.24) is 25.2 Å². The first-order chi connectivity index (χ1) is 7.43. The van der Waals surface area contributed by atoms with Crippen LogP contribution in [0.1, 0.15) is 19.0 Å². The fourth-order valence-electron chi connectivity index (χ4n) is 1.76. The standard InChI is InChI=1S/C9H13N5O2/c1-9(6-5-10-14(3)12-6)4-7(15)11-8(16)13(9)2/h5H,4H2,1-3H3,(H,11,15,16). The number of amides is 3. The van der Waals surface area contributed by atoms with Gasteiger partial charge in [0.1, 0.15) is 5.69 Å². The van der Waals surface area contributed by atoms with Gasteiger partial charge in [0.05, 0.1) is 18.2 Å². The van der Waals surface area contributed by atoms with E-state index in [9.17, 15) is 9.59 Å². The minimum atomic E-state index is -0.728. The number of nitrogens with zero attached hydrogens (tertiary/aromatic N) is 4. The van der Waals surface area contributed by atoms with Gasteiger partial charge in [-0.05, 0) is 6.92 Å². The zero-order valence-electron chi connectivity index (χ0n) is 9.39. The number of hydrogen-bond acceptors (Lipinski definition) is 4. The van der Waals surface area contributed by atoms with Crippen LogP contribution >= 0.6 is 0 Å². The highest BCUT2D eigenvalue weighted by Crippen LogP contribution is 2.31. The van der Waals surface area contributed by atoms with E-state index < -0.39 is 11.6 Å². The normalized spacial score (nSPS) is 25.8. The maximum absolute atomic E-state index is 11.5. The summed E-state index contributed by atoms with van der Waals surface area (Å²) >= 11 is 0. The molecular formula is C9H13N5O2. The monoisotopic (exact) mass is 223 g/mol. The lowest BCUT2D eigenvalue weighted by molar-refractivity contribution is -0.124. The van der Waals surface area contributed by atoms with Crippen LogP contribution in [0.2, 0.25) is 0 Å². The quantitative estimate of drug-likeness (QED) is 0.702. The molecule has 1 aliphatic heterocycles. The third-order valence-electron chi connectivity index (χ3n) is 2.95. The van der Waals surface area contributed by atoms with Gasteiger partial charge in [-0.2, -0.15) is 15.0 Å². The van der Waals surface area contributed by atoms with Crippen LogP contribution in [-0.4, -0.2) is 38.9 Å². The van der Waals surface area contributed by atoms with Gasteiger partial charge in [0.25, 0.3) is 0 Å². The van der Waals surface area contributed by atoms with Gasteiger partial charge in [-0.3, -0.25) is 10.1 Å². The second-order valence-electron chi connectivity index (χ2n) is 4.08. The first-order valence-corrected chi connectivity index (χ1v) is 4.88. The molecule has 2 rings (SSSR count). The molecule has 0 radical (unpaired) electrons. The van der Waals surface area contributed by atoms with Gasteiger partial charge in [0.15, 0.2) is 0 Å². The average molecular weight is 223 g/mol. The van der Waals surface area contributed by atoms with Gasteiger partial charge < -0.3 is 4.90 Å². The number of rotatable bonds is 1. The number of hydrogen-bond donors (Lipinski definition) is 1. The van der Waals surface area contributed by atoms with Gasteiger partial charge in [-0.15, -0.1) is 0 Å². The highest BCUT2D eigenvalue weighted by molar-refractivity contribution is 5.97. The Kier molecular flexibility index (Phi) is 2.18. The van der Waals surface area contributed by atoms with Crippen molar-refractivity contribution in [2.75, 3.05) is 7.05 Å². The molecule has 1 aliphatic rings. The molecule has 1 aromatic rings. The van der Waals surface area contributed by atoms with E-state index in [-0.39, 0.29) is 12.3 Å². The largest absolute Gasteiger partial charge is 0.324 e. The molecule has 0 aromatic carbocycles. The fourth-order valence-corrected chi connectivity index (χ4v) is 1.76. The summed E-state index contributed by atoms with van der Waals surface area (Å²) in [6.07, 6.45) is 1.76. The van der Waals surface area contributed by atoms with Gasteiger partial charge in [0.2, 0.25) is 5.91 Å². The number of carbonyl (C=O) groups is 2. The van der Waals surface area contributed by atoms with Crippen molar-refractivity contribution >= 4 is 11.9 Å². The lowest BCUT2D eigenvalue weighted by atomic mass is 9.90. The van der Waals surface area contributed by atoms with Gasteiger partial charge in [-0.1, -0.05) is 0 Å². The third-order valence-corrected chi connectivity index (χ3v) is 2.95. The molecule has 7 nitrogen and oxygen atoms in total. The van der Waals surface area contributed by atoms with Gasteiger partial charge in [0, 0.05) is 14.1 Å². The predicted octanol–water partition coefficient (Wildman–Crippen LogP) is -0.398. The number of aromatic nitrogens is 3. The summed E-state index contributed by atoms with van der Waals surface area (Å²) in [5.41, 5.74) is -0.117. The molecular weight excluding hydrogens is 210 g/mol. The number of urea groups is 1. The SMILES string of the molecule is CN1C(=O)NC(=O)CC1(C)c1cnn(C)n1. The van der Waals surface area contributed by atoms with Crippen molar-refractivity contribution in [2.45, 2.75) is 18.9 Å². The lowest BCUT2D eigenvalue weighted by Crippen LogP contribution is -2.58. The van der Waals surface area contributed by atoms with Crippen LogP contribution in [-0.2, 0) is 17.4 Å². The molecule has 0 saturated carbocycles. The maximum Gasteiger partial charge on any atom is 0.324 e.